The molecule has 7 nitrogen and oxygen atoms in total. The molecular formula is C21H21NO6S. The second-order valence-corrected chi connectivity index (χ2v) is 7.73. The van der Waals surface area contributed by atoms with Crippen LogP contribution in [-0.4, -0.2) is 52.4 Å². The van der Waals surface area contributed by atoms with Crippen molar-refractivity contribution in [1.29, 1.82) is 0 Å². The molecule has 2 aromatic rings. The highest BCUT2D eigenvalue weighted by atomic mass is 32.2. The molecule has 3 N–H and O–H groups in total. The monoisotopic (exact) mass is 415 g/mol. The highest BCUT2D eigenvalue weighted by molar-refractivity contribution is 7.99. The first-order valence-corrected chi connectivity index (χ1v) is 10.3. The average molecular weight is 415 g/mol. The van der Waals surface area contributed by atoms with E-state index >= 15 is 0 Å². The first kappa shape index (κ1) is 20.7. The fourth-order valence-electron chi connectivity index (χ4n) is 3.32. The Morgan fingerprint density at radius 2 is 1.59 bits per heavy atom. The maximum Gasteiger partial charge on any atom is 0.407 e. The third-order valence-corrected chi connectivity index (χ3v) is 5.74. The zero-order valence-corrected chi connectivity index (χ0v) is 16.4. The van der Waals surface area contributed by atoms with Crippen molar-refractivity contribution >= 4 is 29.8 Å². The summed E-state index contributed by atoms with van der Waals surface area (Å²) >= 11 is 1.15. The molecule has 0 aliphatic heterocycles. The summed E-state index contributed by atoms with van der Waals surface area (Å²) in [5.41, 5.74) is 4.35. The number of thioether (sulfide) groups is 1. The molecule has 0 unspecified atom stereocenters. The third-order valence-electron chi connectivity index (χ3n) is 4.68. The third kappa shape index (κ3) is 5.08. The molecule has 3 rings (SSSR count). The van der Waals surface area contributed by atoms with E-state index in [9.17, 15) is 19.5 Å². The van der Waals surface area contributed by atoms with Crippen molar-refractivity contribution in [3.8, 4) is 11.1 Å². The molecule has 0 fully saturated rings. The molecule has 1 aliphatic carbocycles. The van der Waals surface area contributed by atoms with Gasteiger partial charge in [-0.3, -0.25) is 4.79 Å². The van der Waals surface area contributed by atoms with Crippen molar-refractivity contribution in [1.82, 2.24) is 5.32 Å². The fourth-order valence-corrected chi connectivity index (χ4v) is 4.26. The van der Waals surface area contributed by atoms with Gasteiger partial charge in [-0.15, -0.1) is 0 Å². The molecule has 0 bridgehead atoms. The second-order valence-electron chi connectivity index (χ2n) is 6.58. The summed E-state index contributed by atoms with van der Waals surface area (Å²) in [6.45, 7) is 0.0956. The number of rotatable bonds is 9. The number of benzene rings is 2. The van der Waals surface area contributed by atoms with Crippen molar-refractivity contribution < 1.29 is 29.3 Å². The molecular weight excluding hydrogens is 394 g/mol. The van der Waals surface area contributed by atoms with Crippen LogP contribution >= 0.6 is 11.8 Å². The number of alkyl carbamates (subject to hydrolysis) is 1. The predicted octanol–water partition coefficient (Wildman–Crippen LogP) is 3.19. The van der Waals surface area contributed by atoms with Crippen LogP contribution in [0, 0.1) is 0 Å². The van der Waals surface area contributed by atoms with Crippen LogP contribution in [0.1, 0.15) is 23.5 Å². The van der Waals surface area contributed by atoms with Crippen LogP contribution in [0.25, 0.3) is 11.1 Å². The lowest BCUT2D eigenvalue weighted by Crippen LogP contribution is -2.43. The zero-order chi connectivity index (χ0) is 20.8. The van der Waals surface area contributed by atoms with E-state index in [1.54, 1.807) is 0 Å². The number of fused-ring (bicyclic) bond motifs is 3. The number of hydrogen-bond acceptors (Lipinski definition) is 5. The average Bonchev–Trinajstić information content (AvgIpc) is 3.02. The second kappa shape index (κ2) is 9.47. The zero-order valence-electron chi connectivity index (χ0n) is 15.5. The van der Waals surface area contributed by atoms with Crippen molar-refractivity contribution in [2.45, 2.75) is 18.4 Å². The summed E-state index contributed by atoms with van der Waals surface area (Å²) in [7, 11) is 0. The number of hydrogen-bond donors (Lipinski definition) is 3. The van der Waals surface area contributed by atoms with Gasteiger partial charge in [-0.1, -0.05) is 48.5 Å². The maximum absolute atomic E-state index is 12.2. The van der Waals surface area contributed by atoms with Crippen LogP contribution in [0.5, 0.6) is 0 Å². The lowest BCUT2D eigenvalue weighted by Gasteiger charge is -2.17. The fraction of sp³-hybridized carbons (Fsp3) is 0.286. The normalized spacial score (nSPS) is 13.2. The van der Waals surface area contributed by atoms with E-state index in [1.165, 1.54) is 0 Å². The Kier molecular flexibility index (Phi) is 6.77. The van der Waals surface area contributed by atoms with Crippen molar-refractivity contribution in [3.05, 3.63) is 59.7 Å². The Hall–Kier alpha value is -3.00. The quantitative estimate of drug-likeness (QED) is 0.539. The van der Waals surface area contributed by atoms with Gasteiger partial charge in [-0.2, -0.15) is 11.8 Å². The largest absolute Gasteiger partial charge is 0.481 e. The van der Waals surface area contributed by atoms with Gasteiger partial charge < -0.3 is 20.3 Å². The van der Waals surface area contributed by atoms with E-state index in [0.29, 0.717) is 0 Å². The summed E-state index contributed by atoms with van der Waals surface area (Å²) in [5.74, 6) is -1.92. The molecule has 0 saturated heterocycles. The lowest BCUT2D eigenvalue weighted by molar-refractivity contribution is -0.139. The lowest BCUT2D eigenvalue weighted by atomic mass is 9.98. The number of amides is 1. The molecule has 152 valence electrons. The number of aliphatic carboxylic acids is 2. The molecule has 2 aromatic carbocycles. The van der Waals surface area contributed by atoms with Gasteiger partial charge in [0, 0.05) is 17.4 Å². The van der Waals surface area contributed by atoms with Gasteiger partial charge in [0.2, 0.25) is 0 Å². The summed E-state index contributed by atoms with van der Waals surface area (Å²) in [4.78, 5) is 34.1. The van der Waals surface area contributed by atoms with Crippen molar-refractivity contribution in [2.75, 3.05) is 18.1 Å². The summed E-state index contributed by atoms with van der Waals surface area (Å²) in [6.07, 6.45) is -0.875. The first-order valence-electron chi connectivity index (χ1n) is 9.11. The van der Waals surface area contributed by atoms with E-state index in [1.807, 2.05) is 48.5 Å². The Labute approximate surface area is 172 Å². The van der Waals surface area contributed by atoms with Crippen LogP contribution in [0.3, 0.4) is 0 Å². The minimum absolute atomic E-state index is 0.0623. The van der Waals surface area contributed by atoms with Crippen LogP contribution < -0.4 is 5.32 Å². The standard InChI is InChI=1S/C21H21NO6S/c23-19(24)9-10-29-12-18(20(25)26)22-21(27)28-11-17-15-7-3-1-5-13(15)14-6-2-4-8-16(14)17/h1-8,17-18H,9-12H2,(H,22,27)(H,23,24)(H,25,26)/t18-/m0/s1. The molecule has 1 amide bonds. The molecule has 8 heteroatoms. The number of carboxylic acid groups (broad SMARTS) is 2. The number of carbonyl (C=O) groups is 3. The van der Waals surface area contributed by atoms with Crippen LogP contribution in [-0.2, 0) is 14.3 Å². The van der Waals surface area contributed by atoms with Gasteiger partial charge in [0.05, 0.1) is 6.42 Å². The number of ether oxygens (including phenoxy) is 1. The molecule has 0 heterocycles. The summed E-state index contributed by atoms with van der Waals surface area (Å²) in [6, 6.07) is 14.7. The molecule has 0 radical (unpaired) electrons. The molecule has 1 aliphatic rings. The molecule has 29 heavy (non-hydrogen) atoms. The summed E-state index contributed by atoms with van der Waals surface area (Å²) in [5, 5.41) is 20.2. The first-order chi connectivity index (χ1) is 14.0. The number of carbonyl (C=O) groups excluding carboxylic acids is 1. The molecule has 1 atom stereocenters. The Morgan fingerprint density at radius 3 is 2.14 bits per heavy atom. The smallest absolute Gasteiger partial charge is 0.407 e. The van der Waals surface area contributed by atoms with E-state index in [4.69, 9.17) is 9.84 Å². The number of carboxylic acids is 2. The van der Waals surface area contributed by atoms with E-state index < -0.39 is 24.1 Å². The summed E-state index contributed by atoms with van der Waals surface area (Å²) < 4.78 is 5.35. The van der Waals surface area contributed by atoms with Gasteiger partial charge in [0.15, 0.2) is 0 Å². The van der Waals surface area contributed by atoms with Gasteiger partial charge in [0.1, 0.15) is 12.6 Å². The Morgan fingerprint density at radius 1 is 1.00 bits per heavy atom. The SMILES string of the molecule is O=C(O)CCSC[C@H](NC(=O)OCC1c2ccccc2-c2ccccc21)C(=O)O. The Balaban J connectivity index is 1.58. The van der Waals surface area contributed by atoms with Crippen LogP contribution in [0.15, 0.2) is 48.5 Å². The minimum Gasteiger partial charge on any atom is -0.481 e. The van der Waals surface area contributed by atoms with Gasteiger partial charge in [-0.05, 0) is 22.3 Å². The van der Waals surface area contributed by atoms with Gasteiger partial charge >= 0.3 is 18.0 Å². The van der Waals surface area contributed by atoms with Gasteiger partial charge in [-0.25, -0.2) is 9.59 Å². The highest BCUT2D eigenvalue weighted by Crippen LogP contribution is 2.44. The van der Waals surface area contributed by atoms with Crippen LogP contribution in [0.2, 0.25) is 0 Å². The molecule has 0 aromatic heterocycles. The van der Waals surface area contributed by atoms with Crippen molar-refractivity contribution in [3.63, 3.8) is 0 Å². The maximum atomic E-state index is 12.2. The minimum atomic E-state index is -1.19. The molecule has 0 saturated carbocycles. The van der Waals surface area contributed by atoms with Crippen LogP contribution in [0.4, 0.5) is 4.79 Å². The molecule has 0 spiro atoms. The van der Waals surface area contributed by atoms with E-state index in [0.717, 1.165) is 34.0 Å². The Bertz CT molecular complexity index is 870. The van der Waals surface area contributed by atoms with E-state index in [2.05, 4.69) is 5.32 Å². The predicted molar refractivity (Wildman–Crippen MR) is 109 cm³/mol. The number of nitrogens with one attached hydrogen (secondary N) is 1. The highest BCUT2D eigenvalue weighted by Gasteiger charge is 2.29. The van der Waals surface area contributed by atoms with E-state index in [-0.39, 0.29) is 30.5 Å². The topological polar surface area (TPSA) is 113 Å². The van der Waals surface area contributed by atoms with Crippen molar-refractivity contribution in [2.24, 2.45) is 0 Å². The van der Waals surface area contributed by atoms with Gasteiger partial charge in [0.25, 0.3) is 0 Å².